The lowest BCUT2D eigenvalue weighted by Crippen LogP contribution is -1.96. The Morgan fingerprint density at radius 1 is 0.952 bits per heavy atom. The number of imidazole rings is 1. The molecule has 1 heterocycles. The topological polar surface area (TPSA) is 20.7 Å². The monoisotopic (exact) mass is 364 g/mol. The first-order valence-electron chi connectivity index (χ1n) is 5.63. The van der Waals surface area contributed by atoms with Gasteiger partial charge in [-0.1, -0.05) is 34.8 Å². The first kappa shape index (κ1) is 14.8. The summed E-state index contributed by atoms with van der Waals surface area (Å²) in [5.74, 6) is -1.28. The second kappa shape index (κ2) is 5.25. The molecule has 1 N–H and O–H groups in total. The highest BCUT2D eigenvalue weighted by Crippen LogP contribution is 2.30. The third-order valence-electron chi connectivity index (χ3n) is 2.95. The van der Waals surface area contributed by atoms with Crippen molar-refractivity contribution < 1.29 is 8.78 Å². The van der Waals surface area contributed by atoms with Crippen LogP contribution in [0, 0.1) is 16.4 Å². The molecule has 0 bridgehead atoms. The van der Waals surface area contributed by atoms with Crippen molar-refractivity contribution in [2.24, 2.45) is 0 Å². The lowest BCUT2D eigenvalue weighted by molar-refractivity contribution is 0.628. The van der Waals surface area contributed by atoms with E-state index in [1.165, 1.54) is 24.3 Å². The number of nitrogens with zero attached hydrogens (tertiary/aromatic N) is 1. The van der Waals surface area contributed by atoms with Gasteiger partial charge in [0.25, 0.3) is 0 Å². The van der Waals surface area contributed by atoms with Crippen LogP contribution in [0.2, 0.25) is 15.1 Å². The van der Waals surface area contributed by atoms with E-state index < -0.39 is 11.6 Å². The fraction of sp³-hybridized carbons (Fsp3) is 0. The van der Waals surface area contributed by atoms with Gasteiger partial charge >= 0.3 is 0 Å². The average Bonchev–Trinajstić information content (AvgIpc) is 2.71. The standard InChI is InChI=1S/C13H5Cl3F2N2S/c14-6-3-11-10(4-9(6)17)19-13(21)20(11)5-1-7(15)12(18)8(16)2-5/h1-4H,(H,19,21). The van der Waals surface area contributed by atoms with Crippen molar-refractivity contribution in [1.82, 2.24) is 9.55 Å². The number of aromatic amines is 1. The molecule has 21 heavy (non-hydrogen) atoms. The van der Waals surface area contributed by atoms with Gasteiger partial charge in [0.05, 0.1) is 31.8 Å². The molecule has 0 aliphatic carbocycles. The zero-order valence-electron chi connectivity index (χ0n) is 10.1. The van der Waals surface area contributed by atoms with Crippen molar-refractivity contribution in [2.45, 2.75) is 0 Å². The van der Waals surface area contributed by atoms with E-state index in [1.54, 1.807) is 4.57 Å². The summed E-state index contributed by atoms with van der Waals surface area (Å²) in [5.41, 5.74) is 1.44. The number of hydrogen-bond acceptors (Lipinski definition) is 1. The van der Waals surface area contributed by atoms with Crippen LogP contribution >= 0.6 is 47.0 Å². The molecule has 0 aliphatic rings. The summed E-state index contributed by atoms with van der Waals surface area (Å²) in [4.78, 5) is 2.85. The zero-order valence-corrected chi connectivity index (χ0v) is 13.1. The highest BCUT2D eigenvalue weighted by molar-refractivity contribution is 7.71. The number of nitrogens with one attached hydrogen (secondary N) is 1. The Balaban J connectivity index is 2.37. The summed E-state index contributed by atoms with van der Waals surface area (Å²) < 4.78 is 28.8. The third kappa shape index (κ3) is 2.44. The van der Waals surface area contributed by atoms with E-state index in [2.05, 4.69) is 4.98 Å². The van der Waals surface area contributed by atoms with Crippen LogP contribution in [-0.4, -0.2) is 9.55 Å². The smallest absolute Gasteiger partial charge is 0.182 e. The Hall–Kier alpha value is -1.14. The molecule has 0 aliphatic heterocycles. The van der Waals surface area contributed by atoms with E-state index in [1.807, 2.05) is 0 Å². The summed E-state index contributed by atoms with van der Waals surface area (Å²) in [6, 6.07) is 5.41. The lowest BCUT2D eigenvalue weighted by atomic mass is 10.2. The predicted molar refractivity (Wildman–Crippen MR) is 83.4 cm³/mol. The number of aromatic nitrogens is 2. The van der Waals surface area contributed by atoms with Crippen molar-refractivity contribution in [3.05, 3.63) is 55.7 Å². The minimum Gasteiger partial charge on any atom is -0.330 e. The highest BCUT2D eigenvalue weighted by Gasteiger charge is 2.14. The van der Waals surface area contributed by atoms with Gasteiger partial charge in [0.1, 0.15) is 5.82 Å². The average molecular weight is 366 g/mol. The van der Waals surface area contributed by atoms with Gasteiger partial charge in [-0.05, 0) is 30.4 Å². The normalized spacial score (nSPS) is 11.3. The maximum atomic E-state index is 13.5. The maximum Gasteiger partial charge on any atom is 0.182 e. The number of fused-ring (bicyclic) bond motifs is 1. The molecule has 0 saturated heterocycles. The molecule has 8 heteroatoms. The molecule has 0 saturated carbocycles. The molecule has 0 radical (unpaired) electrons. The largest absolute Gasteiger partial charge is 0.330 e. The van der Waals surface area contributed by atoms with E-state index in [-0.39, 0.29) is 19.8 Å². The van der Waals surface area contributed by atoms with Crippen LogP contribution in [0.1, 0.15) is 0 Å². The zero-order chi connectivity index (χ0) is 15.3. The minimum absolute atomic E-state index is 0.0513. The fourth-order valence-electron chi connectivity index (χ4n) is 2.03. The van der Waals surface area contributed by atoms with Gasteiger partial charge < -0.3 is 4.98 Å². The second-order valence-electron chi connectivity index (χ2n) is 4.27. The molecule has 0 spiro atoms. The van der Waals surface area contributed by atoms with Gasteiger partial charge in [0.2, 0.25) is 0 Å². The lowest BCUT2D eigenvalue weighted by Gasteiger charge is -2.07. The van der Waals surface area contributed by atoms with Crippen molar-refractivity contribution in [3.8, 4) is 5.69 Å². The maximum absolute atomic E-state index is 13.5. The molecular weight excluding hydrogens is 361 g/mol. The molecule has 0 amide bonds. The summed E-state index contributed by atoms with van der Waals surface area (Å²) in [6.45, 7) is 0. The fourth-order valence-corrected chi connectivity index (χ4v) is 2.98. The molecule has 1 aromatic heterocycles. The summed E-state index contributed by atoms with van der Waals surface area (Å²) in [6.07, 6.45) is 0. The van der Waals surface area contributed by atoms with Gasteiger partial charge in [0.15, 0.2) is 10.6 Å². The molecule has 0 atom stereocenters. The predicted octanol–water partition coefficient (Wildman–Crippen LogP) is 5.93. The Kier molecular flexibility index (Phi) is 3.69. The Labute approximate surface area is 137 Å². The molecule has 3 aromatic rings. The molecule has 108 valence electrons. The second-order valence-corrected chi connectivity index (χ2v) is 5.88. The number of rotatable bonds is 1. The van der Waals surface area contributed by atoms with E-state index in [0.29, 0.717) is 16.7 Å². The van der Waals surface area contributed by atoms with Gasteiger partial charge in [-0.2, -0.15) is 0 Å². The van der Waals surface area contributed by atoms with E-state index in [9.17, 15) is 8.78 Å². The van der Waals surface area contributed by atoms with E-state index in [4.69, 9.17) is 47.0 Å². The Bertz CT molecular complexity index is 910. The van der Waals surface area contributed by atoms with Gasteiger partial charge in [0, 0.05) is 6.07 Å². The SMILES string of the molecule is Fc1cc2[nH]c(=S)n(-c3cc(Cl)c(F)c(Cl)c3)c2cc1Cl. The van der Waals surface area contributed by atoms with Crippen molar-refractivity contribution in [1.29, 1.82) is 0 Å². The number of halogens is 5. The van der Waals surface area contributed by atoms with Crippen LogP contribution in [0.15, 0.2) is 24.3 Å². The molecular formula is C13H5Cl3F2N2S. The van der Waals surface area contributed by atoms with E-state index in [0.717, 1.165) is 0 Å². The van der Waals surface area contributed by atoms with Crippen LogP contribution < -0.4 is 0 Å². The Morgan fingerprint density at radius 3 is 2.19 bits per heavy atom. The first-order valence-corrected chi connectivity index (χ1v) is 7.17. The Morgan fingerprint density at radius 2 is 1.57 bits per heavy atom. The van der Waals surface area contributed by atoms with Crippen molar-refractivity contribution in [2.75, 3.05) is 0 Å². The summed E-state index contributed by atoms with van der Waals surface area (Å²) in [7, 11) is 0. The third-order valence-corrected chi connectivity index (χ3v) is 4.08. The van der Waals surface area contributed by atoms with Crippen LogP contribution in [0.3, 0.4) is 0 Å². The molecule has 0 fully saturated rings. The number of benzene rings is 2. The van der Waals surface area contributed by atoms with Crippen molar-refractivity contribution >= 4 is 58.1 Å². The number of H-pyrrole nitrogens is 1. The number of hydrogen-bond donors (Lipinski definition) is 1. The van der Waals surface area contributed by atoms with Crippen LogP contribution in [0.5, 0.6) is 0 Å². The molecule has 0 unspecified atom stereocenters. The highest BCUT2D eigenvalue weighted by atomic mass is 35.5. The van der Waals surface area contributed by atoms with Crippen LogP contribution in [0.25, 0.3) is 16.7 Å². The first-order chi connectivity index (χ1) is 9.88. The van der Waals surface area contributed by atoms with Crippen molar-refractivity contribution in [3.63, 3.8) is 0 Å². The minimum atomic E-state index is -0.711. The summed E-state index contributed by atoms with van der Waals surface area (Å²) in [5, 5.41) is -0.325. The molecule has 2 nitrogen and oxygen atoms in total. The van der Waals surface area contributed by atoms with Gasteiger partial charge in [-0.15, -0.1) is 0 Å². The van der Waals surface area contributed by atoms with E-state index >= 15 is 0 Å². The molecule has 3 rings (SSSR count). The quantitative estimate of drug-likeness (QED) is 0.419. The van der Waals surface area contributed by atoms with Crippen LogP contribution in [-0.2, 0) is 0 Å². The molecule has 2 aromatic carbocycles. The summed E-state index contributed by atoms with van der Waals surface area (Å²) >= 11 is 22.6. The van der Waals surface area contributed by atoms with Gasteiger partial charge in [-0.25, -0.2) is 8.78 Å². The van der Waals surface area contributed by atoms with Gasteiger partial charge in [-0.3, -0.25) is 4.57 Å². The van der Waals surface area contributed by atoms with Crippen LogP contribution in [0.4, 0.5) is 8.78 Å².